The molecule has 0 spiro atoms. The Morgan fingerprint density at radius 3 is 2.42 bits per heavy atom. The maximum atomic E-state index is 13.3. The van der Waals surface area contributed by atoms with Crippen molar-refractivity contribution in [3.05, 3.63) is 57.5 Å². The molecular weight excluding hydrogens is 534 g/mol. The number of hydrogen-bond donors (Lipinski definition) is 4. The molecule has 214 valence electrons. The molecule has 1 aliphatic heterocycles. The van der Waals surface area contributed by atoms with Crippen molar-refractivity contribution < 1.29 is 23.6 Å². The summed E-state index contributed by atoms with van der Waals surface area (Å²) in [5.74, 6) is -1.29. The number of carbonyl (C=O) groups excluding carboxylic acids is 4. The first-order chi connectivity index (χ1) is 18.9. The molecule has 0 saturated carbocycles. The first kappa shape index (κ1) is 29.0. The van der Waals surface area contributed by atoms with E-state index in [1.54, 1.807) is 37.7 Å². The number of thiazole rings is 1. The summed E-state index contributed by atoms with van der Waals surface area (Å²) >= 11 is 1.27. The number of carbonyl (C=O) groups is 4. The molecule has 0 saturated heterocycles. The Kier molecular flexibility index (Phi) is 8.72. The fourth-order valence-corrected chi connectivity index (χ4v) is 5.48. The second-order valence-electron chi connectivity index (χ2n) is 10.7. The molecule has 0 radical (unpaired) electrons. The van der Waals surface area contributed by atoms with Crippen LogP contribution in [0.3, 0.4) is 0 Å². The minimum absolute atomic E-state index is 0.0410. The summed E-state index contributed by atoms with van der Waals surface area (Å²) < 4.78 is 5.84. The fourth-order valence-electron chi connectivity index (χ4n) is 4.46. The van der Waals surface area contributed by atoms with Crippen molar-refractivity contribution in [3.63, 3.8) is 0 Å². The first-order valence-electron chi connectivity index (χ1n) is 13.2. The zero-order valence-corrected chi connectivity index (χ0v) is 24.2. The topological polar surface area (TPSA) is 162 Å². The van der Waals surface area contributed by atoms with E-state index in [1.165, 1.54) is 16.2 Å². The SMILES string of the molecule is Cc1oc2nc1C(=O)N[C@H](C)CN(C(=O)c1cc[nH]c1)CC(=O)N[C@@H](C(C)C)c1nc(cs1)C(=O)N[C@@H]2C(C)C. The highest BCUT2D eigenvalue weighted by Crippen LogP contribution is 2.27. The number of oxazole rings is 1. The Balaban J connectivity index is 1.73. The molecule has 0 unspecified atom stereocenters. The monoisotopic (exact) mass is 569 g/mol. The number of hydrogen-bond acceptors (Lipinski definition) is 8. The Labute approximate surface area is 236 Å². The predicted molar refractivity (Wildman–Crippen MR) is 148 cm³/mol. The number of nitrogens with zero attached hydrogens (tertiary/aromatic N) is 3. The van der Waals surface area contributed by atoms with Gasteiger partial charge in [-0.3, -0.25) is 19.2 Å². The zero-order valence-electron chi connectivity index (χ0n) is 23.4. The van der Waals surface area contributed by atoms with Crippen molar-refractivity contribution in [3.8, 4) is 0 Å². The predicted octanol–water partition coefficient (Wildman–Crippen LogP) is 2.98. The van der Waals surface area contributed by atoms with Gasteiger partial charge in [0.15, 0.2) is 5.69 Å². The van der Waals surface area contributed by atoms with Crippen LogP contribution in [0.1, 0.15) is 94.7 Å². The summed E-state index contributed by atoms with van der Waals surface area (Å²) in [5.41, 5.74) is 0.673. The fraction of sp³-hybridized carbons (Fsp3) is 0.481. The molecule has 3 atom stereocenters. The van der Waals surface area contributed by atoms with Crippen LogP contribution in [0.2, 0.25) is 0 Å². The van der Waals surface area contributed by atoms with Crippen LogP contribution in [-0.2, 0) is 4.79 Å². The highest BCUT2D eigenvalue weighted by atomic mass is 32.1. The molecule has 4 bridgehead atoms. The number of amides is 4. The molecule has 13 heteroatoms. The smallest absolute Gasteiger partial charge is 0.273 e. The van der Waals surface area contributed by atoms with Gasteiger partial charge in [-0.15, -0.1) is 11.3 Å². The molecule has 0 fully saturated rings. The third-order valence-corrected chi connectivity index (χ3v) is 7.52. The van der Waals surface area contributed by atoms with E-state index in [0.717, 1.165) is 0 Å². The number of nitrogens with one attached hydrogen (secondary N) is 4. The summed E-state index contributed by atoms with van der Waals surface area (Å²) in [7, 11) is 0. The van der Waals surface area contributed by atoms with Crippen molar-refractivity contribution in [1.82, 2.24) is 35.8 Å². The van der Waals surface area contributed by atoms with Crippen LogP contribution in [0.15, 0.2) is 28.3 Å². The molecule has 1 aliphatic rings. The average Bonchev–Trinajstić information content (AvgIpc) is 3.65. The van der Waals surface area contributed by atoms with Crippen LogP contribution < -0.4 is 16.0 Å². The Morgan fingerprint density at radius 1 is 1.05 bits per heavy atom. The second-order valence-corrected chi connectivity index (χ2v) is 11.6. The van der Waals surface area contributed by atoms with Crippen molar-refractivity contribution in [2.24, 2.45) is 11.8 Å². The van der Waals surface area contributed by atoms with Gasteiger partial charge in [0.2, 0.25) is 11.8 Å². The third-order valence-electron chi connectivity index (χ3n) is 6.59. The largest absolute Gasteiger partial charge is 0.443 e. The summed E-state index contributed by atoms with van der Waals surface area (Å²) in [5, 5.41) is 11.0. The van der Waals surface area contributed by atoms with Gasteiger partial charge in [0.1, 0.15) is 22.5 Å². The number of aromatic amines is 1. The minimum atomic E-state index is -0.607. The molecule has 4 heterocycles. The van der Waals surface area contributed by atoms with Gasteiger partial charge < -0.3 is 30.3 Å². The molecule has 4 rings (SSSR count). The summed E-state index contributed by atoms with van der Waals surface area (Å²) in [6.07, 6.45) is 3.18. The van der Waals surface area contributed by atoms with Crippen molar-refractivity contribution in [2.75, 3.05) is 13.1 Å². The summed E-state index contributed by atoms with van der Waals surface area (Å²) in [6.45, 7) is 10.9. The van der Waals surface area contributed by atoms with Crippen molar-refractivity contribution in [1.29, 1.82) is 0 Å². The number of aryl methyl sites for hydroxylation is 1. The van der Waals surface area contributed by atoms with Crippen LogP contribution in [0.25, 0.3) is 0 Å². The van der Waals surface area contributed by atoms with E-state index < -0.39 is 29.9 Å². The van der Waals surface area contributed by atoms with Crippen LogP contribution in [0.4, 0.5) is 0 Å². The lowest BCUT2D eigenvalue weighted by atomic mass is 10.0. The maximum absolute atomic E-state index is 13.3. The van der Waals surface area contributed by atoms with Gasteiger partial charge >= 0.3 is 0 Å². The van der Waals surface area contributed by atoms with E-state index in [9.17, 15) is 19.2 Å². The average molecular weight is 570 g/mol. The summed E-state index contributed by atoms with van der Waals surface area (Å²) in [4.78, 5) is 66.1. The van der Waals surface area contributed by atoms with Gasteiger partial charge in [-0.25, -0.2) is 9.97 Å². The molecule has 40 heavy (non-hydrogen) atoms. The number of H-pyrrole nitrogens is 1. The van der Waals surface area contributed by atoms with Crippen molar-refractivity contribution >= 4 is 35.0 Å². The third kappa shape index (κ3) is 6.41. The number of rotatable bonds is 3. The number of aromatic nitrogens is 3. The van der Waals surface area contributed by atoms with Crippen LogP contribution >= 0.6 is 11.3 Å². The highest BCUT2D eigenvalue weighted by Gasteiger charge is 2.31. The molecule has 4 amide bonds. The Morgan fingerprint density at radius 2 is 1.77 bits per heavy atom. The van der Waals surface area contributed by atoms with Gasteiger partial charge in [-0.2, -0.15) is 0 Å². The molecule has 0 aromatic carbocycles. The Bertz CT molecular complexity index is 1380. The second kappa shape index (κ2) is 12.0. The van der Waals surface area contributed by atoms with Crippen LogP contribution in [-0.4, -0.2) is 62.6 Å². The molecule has 4 N–H and O–H groups in total. The standard InChI is InChI=1S/C27H35N7O5S/c1-13(2)20-25-33-22(16(6)39-25)24(37)29-15(5)10-34(27(38)17-7-8-28-9-17)11-19(35)31-21(14(3)4)26-30-18(12-40-26)23(36)32-20/h7-9,12-15,20-21,28H,10-11H2,1-6H3,(H,29,37)(H,31,35)(H,32,36)/t15-,20-,21+/m1/s1. The molecule has 0 aliphatic carbocycles. The molecular formula is C27H35N7O5S. The minimum Gasteiger partial charge on any atom is -0.443 e. The normalized spacial score (nSPS) is 21.1. The summed E-state index contributed by atoms with van der Waals surface area (Å²) in [6, 6.07) is 0.0189. The highest BCUT2D eigenvalue weighted by molar-refractivity contribution is 7.09. The van der Waals surface area contributed by atoms with E-state index in [1.807, 2.05) is 27.7 Å². The lowest BCUT2D eigenvalue weighted by molar-refractivity contribution is -0.122. The molecule has 3 aromatic rings. The van der Waals surface area contributed by atoms with Gasteiger partial charge in [0.05, 0.1) is 18.2 Å². The van der Waals surface area contributed by atoms with Gasteiger partial charge in [-0.05, 0) is 31.7 Å². The quantitative estimate of drug-likeness (QED) is 0.377. The lowest BCUT2D eigenvalue weighted by Crippen LogP contribution is -2.48. The molecule has 3 aromatic heterocycles. The van der Waals surface area contributed by atoms with E-state index in [2.05, 4.69) is 30.9 Å². The first-order valence-corrected chi connectivity index (χ1v) is 14.1. The number of fused-ring (bicyclic) bond motifs is 4. The van der Waals surface area contributed by atoms with Gasteiger partial charge in [-0.1, -0.05) is 27.7 Å². The van der Waals surface area contributed by atoms with Crippen LogP contribution in [0.5, 0.6) is 0 Å². The van der Waals surface area contributed by atoms with E-state index >= 15 is 0 Å². The van der Waals surface area contributed by atoms with E-state index in [-0.39, 0.29) is 54.0 Å². The van der Waals surface area contributed by atoms with E-state index in [0.29, 0.717) is 16.3 Å². The van der Waals surface area contributed by atoms with Gasteiger partial charge in [0, 0.05) is 30.4 Å². The zero-order chi connectivity index (χ0) is 29.1. The van der Waals surface area contributed by atoms with Crippen LogP contribution in [0, 0.1) is 18.8 Å². The van der Waals surface area contributed by atoms with E-state index in [4.69, 9.17) is 4.42 Å². The van der Waals surface area contributed by atoms with Gasteiger partial charge in [0.25, 0.3) is 17.7 Å². The Hall–Kier alpha value is -4.00. The lowest BCUT2D eigenvalue weighted by Gasteiger charge is -2.27. The maximum Gasteiger partial charge on any atom is 0.273 e. The van der Waals surface area contributed by atoms with Crippen molar-refractivity contribution in [2.45, 2.75) is 59.7 Å². The molecule has 12 nitrogen and oxygen atoms in total.